The average Bonchev–Trinajstić information content (AvgIpc) is 3.26. The van der Waals surface area contributed by atoms with Gasteiger partial charge in [-0.3, -0.25) is 4.79 Å². The normalized spacial score (nSPS) is 11.7. The van der Waals surface area contributed by atoms with Crippen molar-refractivity contribution >= 4 is 29.2 Å². The number of carbonyl (C=O) groups is 3. The van der Waals surface area contributed by atoms with E-state index in [0.717, 1.165) is 10.4 Å². The lowest BCUT2D eigenvalue weighted by molar-refractivity contribution is 0.0593. The van der Waals surface area contributed by atoms with Crippen LogP contribution in [-0.2, 0) is 11.3 Å². The number of aromatic carboxylic acids is 1. The lowest BCUT2D eigenvalue weighted by Crippen LogP contribution is -2.21. The zero-order valence-corrected chi connectivity index (χ0v) is 16.8. The number of amides is 1. The topological polar surface area (TPSA) is 115 Å². The van der Waals surface area contributed by atoms with E-state index in [1.54, 1.807) is 6.07 Å². The van der Waals surface area contributed by atoms with Crippen molar-refractivity contribution in [2.75, 3.05) is 14.2 Å². The third kappa shape index (κ3) is 3.18. The molecule has 0 fully saturated rings. The molecule has 8 nitrogen and oxygen atoms in total. The van der Waals surface area contributed by atoms with Crippen LogP contribution < -0.4 is 10.1 Å². The number of nitrogens with one attached hydrogen (secondary N) is 1. The van der Waals surface area contributed by atoms with Gasteiger partial charge in [-0.2, -0.15) is 0 Å². The molecular formula is C21H16N2O6S. The summed E-state index contributed by atoms with van der Waals surface area (Å²) in [6.07, 6.45) is 0. The average molecular weight is 424 g/mol. The fourth-order valence-electron chi connectivity index (χ4n) is 3.30. The Morgan fingerprint density at radius 3 is 2.67 bits per heavy atom. The summed E-state index contributed by atoms with van der Waals surface area (Å²) in [4.78, 5) is 41.4. The van der Waals surface area contributed by atoms with Crippen molar-refractivity contribution in [2.24, 2.45) is 0 Å². The summed E-state index contributed by atoms with van der Waals surface area (Å²) in [6.45, 7) is 0.370. The Hall–Kier alpha value is -3.72. The number of carbonyl (C=O) groups excluding carboxylic acids is 2. The zero-order valence-electron chi connectivity index (χ0n) is 16.0. The quantitative estimate of drug-likeness (QED) is 0.618. The summed E-state index contributed by atoms with van der Waals surface area (Å²) in [5, 5.41) is 14.2. The number of benzene rings is 1. The highest BCUT2D eigenvalue weighted by Gasteiger charge is 2.27. The van der Waals surface area contributed by atoms with Gasteiger partial charge in [0.1, 0.15) is 18.1 Å². The number of carboxylic acids is 1. The van der Waals surface area contributed by atoms with Crippen LogP contribution in [0.2, 0.25) is 0 Å². The minimum atomic E-state index is -1.16. The third-order valence-electron chi connectivity index (χ3n) is 4.75. The lowest BCUT2D eigenvalue weighted by atomic mass is 9.93. The van der Waals surface area contributed by atoms with Crippen LogP contribution in [-0.4, -0.2) is 42.1 Å². The number of carboxylic acid groups (broad SMARTS) is 1. The molecule has 1 amide bonds. The number of aromatic nitrogens is 1. The molecule has 3 aromatic rings. The first-order valence-corrected chi connectivity index (χ1v) is 9.75. The Balaban J connectivity index is 1.96. The predicted molar refractivity (Wildman–Crippen MR) is 109 cm³/mol. The van der Waals surface area contributed by atoms with E-state index in [0.29, 0.717) is 17.9 Å². The summed E-state index contributed by atoms with van der Waals surface area (Å²) < 4.78 is 10.6. The molecule has 2 aromatic heterocycles. The molecule has 9 heteroatoms. The van der Waals surface area contributed by atoms with Gasteiger partial charge in [0.2, 0.25) is 0 Å². The van der Waals surface area contributed by atoms with E-state index in [2.05, 4.69) is 10.3 Å². The molecule has 0 saturated heterocycles. The van der Waals surface area contributed by atoms with Crippen molar-refractivity contribution in [3.8, 4) is 27.3 Å². The van der Waals surface area contributed by atoms with E-state index in [1.807, 2.05) is 11.4 Å². The fourth-order valence-corrected chi connectivity index (χ4v) is 4.23. The van der Waals surface area contributed by atoms with Crippen molar-refractivity contribution in [3.05, 3.63) is 58.2 Å². The number of pyridine rings is 1. The standard InChI is InChI=1S/C21H16N2O6S/c1-22-19(24)15-4-3-11(17(23-15)21(27)28-2)12-8-16-14(7-13(12)20(25)26)18-10(9-29-16)5-6-30-18/h3-8H,9H2,1-2H3,(H,22,24)(H,25,26). The monoisotopic (exact) mass is 424 g/mol. The molecule has 1 aliphatic heterocycles. The van der Waals surface area contributed by atoms with Crippen molar-refractivity contribution in [3.63, 3.8) is 0 Å². The molecule has 30 heavy (non-hydrogen) atoms. The third-order valence-corrected chi connectivity index (χ3v) is 5.74. The highest BCUT2D eigenvalue weighted by Crippen LogP contribution is 2.44. The SMILES string of the molecule is CNC(=O)c1ccc(-c2cc3c(cc2C(=O)O)-c2sccc2CO3)c(C(=O)OC)n1. The van der Waals surface area contributed by atoms with Gasteiger partial charge in [0.15, 0.2) is 5.69 Å². The van der Waals surface area contributed by atoms with E-state index in [-0.39, 0.29) is 28.1 Å². The summed E-state index contributed by atoms with van der Waals surface area (Å²) in [6, 6.07) is 7.97. The number of fused-ring (bicyclic) bond motifs is 3. The molecule has 0 bridgehead atoms. The molecule has 0 unspecified atom stereocenters. The number of thiophene rings is 1. The van der Waals surface area contributed by atoms with Crippen LogP contribution >= 0.6 is 11.3 Å². The molecule has 0 radical (unpaired) electrons. The van der Waals surface area contributed by atoms with E-state index < -0.39 is 17.8 Å². The van der Waals surface area contributed by atoms with Gasteiger partial charge >= 0.3 is 11.9 Å². The minimum Gasteiger partial charge on any atom is -0.488 e. The fraction of sp³-hybridized carbons (Fsp3) is 0.143. The first-order chi connectivity index (χ1) is 14.4. The number of nitrogens with zero attached hydrogens (tertiary/aromatic N) is 1. The van der Waals surface area contributed by atoms with Gasteiger partial charge < -0.3 is 19.9 Å². The van der Waals surface area contributed by atoms with Crippen molar-refractivity contribution in [1.29, 1.82) is 0 Å². The summed E-state index contributed by atoms with van der Waals surface area (Å²) in [7, 11) is 2.63. The molecule has 0 spiro atoms. The molecule has 152 valence electrons. The van der Waals surface area contributed by atoms with Crippen LogP contribution in [0.5, 0.6) is 5.75 Å². The Bertz CT molecular complexity index is 1200. The summed E-state index contributed by atoms with van der Waals surface area (Å²) in [5.41, 5.74) is 1.99. The smallest absolute Gasteiger partial charge is 0.357 e. The molecular weight excluding hydrogens is 408 g/mol. The maximum atomic E-state index is 12.4. The Labute approximate surface area is 175 Å². The van der Waals surface area contributed by atoms with E-state index in [4.69, 9.17) is 9.47 Å². The van der Waals surface area contributed by atoms with Gasteiger partial charge in [0, 0.05) is 34.2 Å². The number of methoxy groups -OCH3 is 1. The van der Waals surface area contributed by atoms with E-state index in [1.165, 1.54) is 43.7 Å². The molecule has 4 rings (SSSR count). The number of hydrogen-bond acceptors (Lipinski definition) is 7. The van der Waals surface area contributed by atoms with E-state index in [9.17, 15) is 19.5 Å². The highest BCUT2D eigenvalue weighted by atomic mass is 32.1. The number of ether oxygens (including phenoxy) is 2. The van der Waals surface area contributed by atoms with Crippen molar-refractivity contribution in [1.82, 2.24) is 10.3 Å². The second-order valence-corrected chi connectivity index (χ2v) is 7.34. The predicted octanol–water partition coefficient (Wildman–Crippen LogP) is 3.21. The maximum Gasteiger partial charge on any atom is 0.357 e. The van der Waals surface area contributed by atoms with Gasteiger partial charge in [-0.1, -0.05) is 0 Å². The highest BCUT2D eigenvalue weighted by molar-refractivity contribution is 7.13. The number of esters is 1. The zero-order chi connectivity index (χ0) is 21.4. The molecule has 0 aliphatic carbocycles. The minimum absolute atomic E-state index is 0.0102. The van der Waals surface area contributed by atoms with Gasteiger partial charge in [-0.05, 0) is 35.7 Å². The molecule has 2 N–H and O–H groups in total. The lowest BCUT2D eigenvalue weighted by Gasteiger charge is -2.20. The molecule has 0 atom stereocenters. The van der Waals surface area contributed by atoms with E-state index >= 15 is 0 Å². The van der Waals surface area contributed by atoms with Crippen molar-refractivity contribution in [2.45, 2.75) is 6.61 Å². The van der Waals surface area contributed by atoms with Gasteiger partial charge in [-0.15, -0.1) is 11.3 Å². The van der Waals surface area contributed by atoms with Crippen molar-refractivity contribution < 1.29 is 29.0 Å². The first kappa shape index (κ1) is 19.6. The molecule has 3 heterocycles. The second-order valence-electron chi connectivity index (χ2n) is 6.43. The Morgan fingerprint density at radius 1 is 1.17 bits per heavy atom. The van der Waals surface area contributed by atoms with Crippen LogP contribution in [0, 0.1) is 0 Å². The van der Waals surface area contributed by atoms with Crippen LogP contribution in [0.4, 0.5) is 0 Å². The van der Waals surface area contributed by atoms with Gasteiger partial charge in [0.25, 0.3) is 5.91 Å². The van der Waals surface area contributed by atoms with Crippen LogP contribution in [0.3, 0.4) is 0 Å². The second kappa shape index (κ2) is 7.60. The number of rotatable bonds is 4. The largest absolute Gasteiger partial charge is 0.488 e. The van der Waals surface area contributed by atoms with Crippen LogP contribution in [0.1, 0.15) is 36.9 Å². The first-order valence-electron chi connectivity index (χ1n) is 8.87. The summed E-state index contributed by atoms with van der Waals surface area (Å²) >= 11 is 1.51. The molecule has 0 saturated carbocycles. The molecule has 1 aliphatic rings. The maximum absolute atomic E-state index is 12.4. The summed E-state index contributed by atoms with van der Waals surface area (Å²) in [5.74, 6) is -1.92. The van der Waals surface area contributed by atoms with Gasteiger partial charge in [0.05, 0.1) is 12.7 Å². The van der Waals surface area contributed by atoms with Crippen LogP contribution in [0.25, 0.3) is 21.6 Å². The number of hydrogen-bond donors (Lipinski definition) is 2. The Morgan fingerprint density at radius 2 is 1.97 bits per heavy atom. The molecule has 1 aromatic carbocycles. The van der Waals surface area contributed by atoms with Crippen LogP contribution in [0.15, 0.2) is 35.7 Å². The Kier molecular flexibility index (Phi) is 4.96. The van der Waals surface area contributed by atoms with Gasteiger partial charge in [-0.25, -0.2) is 14.6 Å².